The van der Waals surface area contributed by atoms with Gasteiger partial charge in [-0.1, -0.05) is 41.4 Å². The standard InChI is InChI=1S/C17H13Cl2NO3S/c1-22-12-8-13(23-2)11(7-10(12)18)20-17(21)16-15(19)9-5-3-4-6-14(9)24-16/h3-8H,1-2H3,(H,20,21). The van der Waals surface area contributed by atoms with E-state index in [2.05, 4.69) is 5.32 Å². The molecule has 3 aromatic rings. The van der Waals surface area contributed by atoms with Crippen LogP contribution in [0.15, 0.2) is 36.4 Å². The first-order valence-corrected chi connectivity index (χ1v) is 8.52. The van der Waals surface area contributed by atoms with Gasteiger partial charge in [0.2, 0.25) is 0 Å². The van der Waals surface area contributed by atoms with Gasteiger partial charge < -0.3 is 14.8 Å². The lowest BCUT2D eigenvalue weighted by atomic mass is 10.2. The van der Waals surface area contributed by atoms with Crippen LogP contribution in [0.4, 0.5) is 5.69 Å². The van der Waals surface area contributed by atoms with Crippen molar-refractivity contribution >= 4 is 56.2 Å². The van der Waals surface area contributed by atoms with Crippen molar-refractivity contribution in [3.05, 3.63) is 51.3 Å². The zero-order valence-electron chi connectivity index (χ0n) is 12.9. The largest absolute Gasteiger partial charge is 0.495 e. The molecule has 1 amide bonds. The zero-order valence-corrected chi connectivity index (χ0v) is 15.2. The van der Waals surface area contributed by atoms with Gasteiger partial charge in [-0.2, -0.15) is 0 Å². The molecule has 0 aliphatic heterocycles. The molecule has 7 heteroatoms. The van der Waals surface area contributed by atoms with Gasteiger partial charge in [-0.15, -0.1) is 11.3 Å². The number of anilines is 1. The number of amides is 1. The van der Waals surface area contributed by atoms with E-state index in [-0.39, 0.29) is 5.91 Å². The molecule has 1 aromatic heterocycles. The van der Waals surface area contributed by atoms with E-state index < -0.39 is 0 Å². The molecular weight excluding hydrogens is 369 g/mol. The van der Waals surface area contributed by atoms with Crippen LogP contribution < -0.4 is 14.8 Å². The second-order valence-corrected chi connectivity index (χ2v) is 6.72. The number of rotatable bonds is 4. The van der Waals surface area contributed by atoms with E-state index in [1.54, 1.807) is 12.1 Å². The normalized spacial score (nSPS) is 10.7. The Morgan fingerprint density at radius 1 is 1.08 bits per heavy atom. The highest BCUT2D eigenvalue weighted by molar-refractivity contribution is 7.21. The van der Waals surface area contributed by atoms with Crippen molar-refractivity contribution in [2.75, 3.05) is 19.5 Å². The summed E-state index contributed by atoms with van der Waals surface area (Å²) in [4.78, 5) is 13.1. The number of carbonyl (C=O) groups is 1. The third-order valence-electron chi connectivity index (χ3n) is 3.46. The fourth-order valence-electron chi connectivity index (χ4n) is 2.30. The summed E-state index contributed by atoms with van der Waals surface area (Å²) in [5.74, 6) is 0.592. The monoisotopic (exact) mass is 381 g/mol. The minimum atomic E-state index is -0.319. The third kappa shape index (κ3) is 3.02. The van der Waals surface area contributed by atoms with Crippen molar-refractivity contribution in [2.24, 2.45) is 0 Å². The summed E-state index contributed by atoms with van der Waals surface area (Å²) >= 11 is 13.8. The summed E-state index contributed by atoms with van der Waals surface area (Å²) in [6.07, 6.45) is 0. The topological polar surface area (TPSA) is 47.6 Å². The molecular formula is C17H13Cl2NO3S. The molecule has 0 fully saturated rings. The number of carbonyl (C=O) groups excluding carboxylic acids is 1. The van der Waals surface area contributed by atoms with Crippen LogP contribution >= 0.6 is 34.5 Å². The van der Waals surface area contributed by atoms with Crippen molar-refractivity contribution in [1.82, 2.24) is 0 Å². The van der Waals surface area contributed by atoms with E-state index in [9.17, 15) is 4.79 Å². The highest BCUT2D eigenvalue weighted by Crippen LogP contribution is 2.38. The van der Waals surface area contributed by atoms with Gasteiger partial charge in [0.1, 0.15) is 16.4 Å². The van der Waals surface area contributed by atoms with E-state index in [1.165, 1.54) is 25.6 Å². The Bertz CT molecular complexity index is 924. The number of ether oxygens (including phenoxy) is 2. The maximum absolute atomic E-state index is 12.6. The summed E-state index contributed by atoms with van der Waals surface area (Å²) in [7, 11) is 3.01. The van der Waals surface area contributed by atoms with Crippen LogP contribution in [0.25, 0.3) is 10.1 Å². The number of methoxy groups -OCH3 is 2. The number of benzene rings is 2. The molecule has 0 spiro atoms. The maximum atomic E-state index is 12.6. The predicted molar refractivity (Wildman–Crippen MR) is 99.3 cm³/mol. The van der Waals surface area contributed by atoms with E-state index >= 15 is 0 Å². The second-order valence-electron chi connectivity index (χ2n) is 4.88. The van der Waals surface area contributed by atoms with Crippen molar-refractivity contribution in [1.29, 1.82) is 0 Å². The molecule has 0 saturated carbocycles. The molecule has 0 radical (unpaired) electrons. The summed E-state index contributed by atoms with van der Waals surface area (Å²) < 4.78 is 11.4. The highest BCUT2D eigenvalue weighted by Gasteiger charge is 2.19. The first-order chi connectivity index (χ1) is 11.5. The van der Waals surface area contributed by atoms with Gasteiger partial charge in [0.15, 0.2) is 0 Å². The molecule has 3 rings (SSSR count). The van der Waals surface area contributed by atoms with Gasteiger partial charge in [0, 0.05) is 16.2 Å². The van der Waals surface area contributed by atoms with Crippen molar-refractivity contribution in [3.8, 4) is 11.5 Å². The van der Waals surface area contributed by atoms with Crippen LogP contribution in [0.1, 0.15) is 9.67 Å². The molecule has 0 saturated heterocycles. The van der Waals surface area contributed by atoms with E-state index in [0.29, 0.717) is 32.1 Å². The van der Waals surface area contributed by atoms with Crippen LogP contribution in [-0.2, 0) is 0 Å². The van der Waals surface area contributed by atoms with Crippen LogP contribution in [0.2, 0.25) is 10.0 Å². The number of hydrogen-bond acceptors (Lipinski definition) is 4. The first-order valence-electron chi connectivity index (χ1n) is 6.95. The molecule has 4 nitrogen and oxygen atoms in total. The lowest BCUT2D eigenvalue weighted by molar-refractivity contribution is 0.103. The Kier molecular flexibility index (Phi) is 4.85. The number of thiophene rings is 1. The van der Waals surface area contributed by atoms with Crippen LogP contribution in [0, 0.1) is 0 Å². The van der Waals surface area contributed by atoms with Crippen molar-refractivity contribution in [2.45, 2.75) is 0 Å². The Labute approximate surface area is 152 Å². The summed E-state index contributed by atoms with van der Waals surface area (Å²) in [5, 5.41) is 4.46. The summed E-state index contributed by atoms with van der Waals surface area (Å²) in [5.41, 5.74) is 0.446. The second kappa shape index (κ2) is 6.89. The maximum Gasteiger partial charge on any atom is 0.267 e. The molecule has 1 N–H and O–H groups in total. The molecule has 0 aliphatic rings. The van der Waals surface area contributed by atoms with Crippen LogP contribution in [0.3, 0.4) is 0 Å². The Balaban J connectivity index is 1.97. The predicted octanol–water partition coefficient (Wildman–Crippen LogP) is 5.48. The number of fused-ring (bicyclic) bond motifs is 1. The minimum absolute atomic E-state index is 0.319. The van der Waals surface area contributed by atoms with Crippen LogP contribution in [-0.4, -0.2) is 20.1 Å². The molecule has 0 aliphatic carbocycles. The van der Waals surface area contributed by atoms with E-state index in [1.807, 2.05) is 24.3 Å². The van der Waals surface area contributed by atoms with E-state index in [0.717, 1.165) is 10.1 Å². The lowest BCUT2D eigenvalue weighted by Crippen LogP contribution is -2.11. The fourth-order valence-corrected chi connectivity index (χ4v) is 3.95. The first kappa shape index (κ1) is 16.9. The fraction of sp³-hybridized carbons (Fsp3) is 0.118. The van der Waals surface area contributed by atoms with E-state index in [4.69, 9.17) is 32.7 Å². The third-order valence-corrected chi connectivity index (χ3v) is 5.43. The quantitative estimate of drug-likeness (QED) is 0.650. The van der Waals surface area contributed by atoms with Crippen molar-refractivity contribution in [3.63, 3.8) is 0 Å². The van der Waals surface area contributed by atoms with Gasteiger partial charge in [-0.25, -0.2) is 0 Å². The molecule has 1 heterocycles. The van der Waals surface area contributed by atoms with Gasteiger partial charge in [-0.3, -0.25) is 4.79 Å². The highest BCUT2D eigenvalue weighted by atomic mass is 35.5. The van der Waals surface area contributed by atoms with Gasteiger partial charge >= 0.3 is 0 Å². The molecule has 0 atom stereocenters. The van der Waals surface area contributed by atoms with Gasteiger partial charge in [0.05, 0.1) is 30.0 Å². The smallest absolute Gasteiger partial charge is 0.267 e. The summed E-state index contributed by atoms with van der Waals surface area (Å²) in [6, 6.07) is 10.8. The average molecular weight is 382 g/mol. The van der Waals surface area contributed by atoms with Crippen molar-refractivity contribution < 1.29 is 14.3 Å². The number of nitrogens with one attached hydrogen (secondary N) is 1. The minimum Gasteiger partial charge on any atom is -0.495 e. The van der Waals surface area contributed by atoms with Crippen LogP contribution in [0.5, 0.6) is 11.5 Å². The number of hydrogen-bond donors (Lipinski definition) is 1. The van der Waals surface area contributed by atoms with Gasteiger partial charge in [0.25, 0.3) is 5.91 Å². The Hall–Kier alpha value is -1.95. The lowest BCUT2D eigenvalue weighted by Gasteiger charge is -2.12. The average Bonchev–Trinajstić information content (AvgIpc) is 2.92. The summed E-state index contributed by atoms with van der Waals surface area (Å²) in [6.45, 7) is 0. The Morgan fingerprint density at radius 3 is 2.46 bits per heavy atom. The molecule has 124 valence electrons. The molecule has 0 bridgehead atoms. The SMILES string of the molecule is COc1cc(OC)c(NC(=O)c2sc3ccccc3c2Cl)cc1Cl. The number of halogens is 2. The molecule has 2 aromatic carbocycles. The Morgan fingerprint density at radius 2 is 1.79 bits per heavy atom. The zero-order chi connectivity index (χ0) is 17.3. The molecule has 24 heavy (non-hydrogen) atoms. The molecule has 0 unspecified atom stereocenters. The van der Waals surface area contributed by atoms with Gasteiger partial charge in [-0.05, 0) is 12.1 Å².